The SMILES string of the molecule is N=C(C1CCc2ccccc2C1)N1CCCC1. The third-order valence-corrected chi connectivity index (χ3v) is 4.18. The highest BCUT2D eigenvalue weighted by Crippen LogP contribution is 2.27. The van der Waals surface area contributed by atoms with Crippen molar-refractivity contribution in [3.05, 3.63) is 35.4 Å². The number of likely N-dealkylation sites (tertiary alicyclic amines) is 1. The van der Waals surface area contributed by atoms with Crippen molar-refractivity contribution in [2.75, 3.05) is 13.1 Å². The van der Waals surface area contributed by atoms with Gasteiger partial charge in [-0.25, -0.2) is 0 Å². The van der Waals surface area contributed by atoms with E-state index < -0.39 is 0 Å². The van der Waals surface area contributed by atoms with Crippen LogP contribution in [-0.4, -0.2) is 23.8 Å². The highest BCUT2D eigenvalue weighted by atomic mass is 15.2. The molecule has 1 aliphatic carbocycles. The molecule has 0 radical (unpaired) electrons. The van der Waals surface area contributed by atoms with E-state index in [0.717, 1.165) is 38.2 Å². The van der Waals surface area contributed by atoms with E-state index in [1.807, 2.05) is 0 Å². The normalized spacial score (nSPS) is 23.5. The largest absolute Gasteiger partial charge is 0.360 e. The summed E-state index contributed by atoms with van der Waals surface area (Å²) in [5.74, 6) is 1.36. The smallest absolute Gasteiger partial charge is 0.0992 e. The molecule has 2 aliphatic rings. The predicted octanol–water partition coefficient (Wildman–Crippen LogP) is 2.86. The molecule has 1 N–H and O–H groups in total. The Morgan fingerprint density at radius 3 is 2.59 bits per heavy atom. The minimum atomic E-state index is 0.461. The van der Waals surface area contributed by atoms with Crippen LogP contribution in [0.3, 0.4) is 0 Å². The lowest BCUT2D eigenvalue weighted by molar-refractivity contribution is 0.446. The minimum Gasteiger partial charge on any atom is -0.360 e. The Kier molecular flexibility index (Phi) is 2.87. The van der Waals surface area contributed by atoms with Gasteiger partial charge < -0.3 is 4.90 Å². The van der Waals surface area contributed by atoms with Crippen LogP contribution >= 0.6 is 0 Å². The Balaban J connectivity index is 1.73. The Bertz CT molecular complexity index is 419. The number of benzene rings is 1. The molecule has 0 amide bonds. The van der Waals surface area contributed by atoms with E-state index in [1.54, 1.807) is 0 Å². The van der Waals surface area contributed by atoms with E-state index in [-0.39, 0.29) is 0 Å². The Morgan fingerprint density at radius 2 is 1.82 bits per heavy atom. The molecule has 3 rings (SSSR count). The summed E-state index contributed by atoms with van der Waals surface area (Å²) < 4.78 is 0. The molecular formula is C15H20N2. The second-order valence-electron chi connectivity index (χ2n) is 5.29. The van der Waals surface area contributed by atoms with E-state index >= 15 is 0 Å². The maximum atomic E-state index is 8.35. The van der Waals surface area contributed by atoms with Crippen LogP contribution in [0.2, 0.25) is 0 Å². The van der Waals surface area contributed by atoms with Gasteiger partial charge in [0.15, 0.2) is 0 Å². The highest BCUT2D eigenvalue weighted by Gasteiger charge is 2.26. The number of amidine groups is 1. The Labute approximate surface area is 103 Å². The van der Waals surface area contributed by atoms with E-state index in [4.69, 9.17) is 5.41 Å². The van der Waals surface area contributed by atoms with E-state index in [0.29, 0.717) is 5.92 Å². The fourth-order valence-corrected chi connectivity index (χ4v) is 3.15. The molecule has 1 aliphatic heterocycles. The molecule has 1 unspecified atom stereocenters. The number of rotatable bonds is 1. The predicted molar refractivity (Wildman–Crippen MR) is 70.5 cm³/mol. The lowest BCUT2D eigenvalue weighted by Crippen LogP contribution is -2.35. The maximum absolute atomic E-state index is 8.35. The summed E-state index contributed by atoms with van der Waals surface area (Å²) in [5, 5.41) is 8.35. The van der Waals surface area contributed by atoms with Crippen molar-refractivity contribution in [2.45, 2.75) is 32.1 Å². The maximum Gasteiger partial charge on any atom is 0.0992 e. The molecule has 1 aromatic rings. The van der Waals surface area contributed by atoms with Gasteiger partial charge in [-0.05, 0) is 43.2 Å². The van der Waals surface area contributed by atoms with E-state index in [9.17, 15) is 0 Å². The summed E-state index contributed by atoms with van der Waals surface area (Å²) in [6.45, 7) is 2.22. The second kappa shape index (κ2) is 4.52. The molecule has 0 bridgehead atoms. The summed E-state index contributed by atoms with van der Waals surface area (Å²) >= 11 is 0. The Morgan fingerprint density at radius 1 is 1.12 bits per heavy atom. The van der Waals surface area contributed by atoms with Crippen LogP contribution in [0.4, 0.5) is 0 Å². The molecule has 90 valence electrons. The standard InChI is InChI=1S/C15H20N2/c16-15(17-9-3-4-10-17)14-8-7-12-5-1-2-6-13(12)11-14/h1-2,5-6,14,16H,3-4,7-11H2. The summed E-state index contributed by atoms with van der Waals surface area (Å²) in [7, 11) is 0. The van der Waals surface area contributed by atoms with Gasteiger partial charge in [0.25, 0.3) is 0 Å². The van der Waals surface area contributed by atoms with Crippen molar-refractivity contribution in [2.24, 2.45) is 5.92 Å². The number of hydrogen-bond acceptors (Lipinski definition) is 1. The van der Waals surface area contributed by atoms with E-state index in [2.05, 4.69) is 29.2 Å². The molecule has 1 aromatic carbocycles. The molecule has 1 atom stereocenters. The summed E-state index contributed by atoms with van der Waals surface area (Å²) in [6.07, 6.45) is 5.92. The number of aryl methyl sites for hydroxylation is 1. The van der Waals surface area contributed by atoms with Crippen LogP contribution in [0.15, 0.2) is 24.3 Å². The van der Waals surface area contributed by atoms with Gasteiger partial charge in [-0.15, -0.1) is 0 Å². The van der Waals surface area contributed by atoms with Crippen LogP contribution in [0.5, 0.6) is 0 Å². The zero-order valence-electron chi connectivity index (χ0n) is 10.3. The van der Waals surface area contributed by atoms with Gasteiger partial charge in [0, 0.05) is 19.0 Å². The molecule has 0 aromatic heterocycles. The van der Waals surface area contributed by atoms with Gasteiger partial charge in [0.05, 0.1) is 5.84 Å². The number of fused-ring (bicyclic) bond motifs is 1. The van der Waals surface area contributed by atoms with Crippen molar-refractivity contribution in [1.29, 1.82) is 5.41 Å². The molecule has 0 saturated carbocycles. The Hall–Kier alpha value is -1.31. The van der Waals surface area contributed by atoms with Crippen LogP contribution in [0, 0.1) is 11.3 Å². The van der Waals surface area contributed by atoms with Crippen molar-refractivity contribution in [1.82, 2.24) is 4.90 Å². The monoisotopic (exact) mass is 228 g/mol. The first-order valence-corrected chi connectivity index (χ1v) is 6.75. The van der Waals surface area contributed by atoms with Crippen LogP contribution in [0.25, 0.3) is 0 Å². The summed E-state index contributed by atoms with van der Waals surface area (Å²) in [4.78, 5) is 2.29. The van der Waals surface area contributed by atoms with Crippen molar-refractivity contribution < 1.29 is 0 Å². The average molecular weight is 228 g/mol. The quantitative estimate of drug-likeness (QED) is 0.581. The molecule has 1 fully saturated rings. The molecule has 1 saturated heterocycles. The van der Waals surface area contributed by atoms with Crippen molar-refractivity contribution >= 4 is 5.84 Å². The first-order valence-electron chi connectivity index (χ1n) is 6.75. The highest BCUT2D eigenvalue weighted by molar-refractivity contribution is 5.82. The van der Waals surface area contributed by atoms with Gasteiger partial charge in [-0.3, -0.25) is 5.41 Å². The van der Waals surface area contributed by atoms with Crippen LogP contribution < -0.4 is 0 Å². The lowest BCUT2D eigenvalue weighted by atomic mass is 9.83. The molecule has 17 heavy (non-hydrogen) atoms. The summed E-state index contributed by atoms with van der Waals surface area (Å²) in [6, 6.07) is 8.73. The third-order valence-electron chi connectivity index (χ3n) is 4.18. The van der Waals surface area contributed by atoms with Gasteiger partial charge in [0.1, 0.15) is 0 Å². The molecular weight excluding hydrogens is 208 g/mol. The molecule has 2 heteroatoms. The third kappa shape index (κ3) is 2.08. The van der Waals surface area contributed by atoms with Crippen molar-refractivity contribution in [3.8, 4) is 0 Å². The molecule has 1 heterocycles. The fourth-order valence-electron chi connectivity index (χ4n) is 3.15. The minimum absolute atomic E-state index is 0.461. The van der Waals surface area contributed by atoms with Gasteiger partial charge in [0.2, 0.25) is 0 Å². The van der Waals surface area contributed by atoms with Gasteiger partial charge in [-0.2, -0.15) is 0 Å². The van der Waals surface area contributed by atoms with E-state index in [1.165, 1.54) is 24.0 Å². The van der Waals surface area contributed by atoms with Gasteiger partial charge >= 0.3 is 0 Å². The number of hydrogen-bond donors (Lipinski definition) is 1. The zero-order chi connectivity index (χ0) is 11.7. The lowest BCUT2D eigenvalue weighted by Gasteiger charge is -2.30. The average Bonchev–Trinajstić information content (AvgIpc) is 2.91. The summed E-state index contributed by atoms with van der Waals surface area (Å²) in [5.41, 5.74) is 2.96. The van der Waals surface area contributed by atoms with Crippen molar-refractivity contribution in [3.63, 3.8) is 0 Å². The zero-order valence-corrected chi connectivity index (χ0v) is 10.3. The molecule has 0 spiro atoms. The fraction of sp³-hybridized carbons (Fsp3) is 0.533. The first kappa shape index (κ1) is 10.8. The number of nitrogens with one attached hydrogen (secondary N) is 1. The van der Waals surface area contributed by atoms with Crippen LogP contribution in [-0.2, 0) is 12.8 Å². The first-order chi connectivity index (χ1) is 8.34. The topological polar surface area (TPSA) is 27.1 Å². The molecule has 2 nitrogen and oxygen atoms in total. The number of nitrogens with zero attached hydrogens (tertiary/aromatic N) is 1. The second-order valence-corrected chi connectivity index (χ2v) is 5.29. The van der Waals surface area contributed by atoms with Gasteiger partial charge in [-0.1, -0.05) is 24.3 Å². The van der Waals surface area contributed by atoms with Crippen LogP contribution in [0.1, 0.15) is 30.4 Å².